The van der Waals surface area contributed by atoms with E-state index in [1.807, 2.05) is 12.1 Å². The molecule has 1 aliphatic heterocycles. The van der Waals surface area contributed by atoms with Crippen LogP contribution in [0.15, 0.2) is 24.3 Å². The molecule has 3 rings (SSSR count). The van der Waals surface area contributed by atoms with Gasteiger partial charge in [0.2, 0.25) is 5.91 Å². The minimum Gasteiger partial charge on any atom is -0.385 e. The average Bonchev–Trinajstić information content (AvgIpc) is 2.33. The van der Waals surface area contributed by atoms with Gasteiger partial charge in [0.15, 0.2) is 0 Å². The molecule has 90 valence electrons. The third-order valence-corrected chi connectivity index (χ3v) is 3.85. The summed E-state index contributed by atoms with van der Waals surface area (Å²) in [5.74, 6) is 0.247. The summed E-state index contributed by atoms with van der Waals surface area (Å²) in [5, 5.41) is 6.51. The van der Waals surface area contributed by atoms with Crippen molar-refractivity contribution in [3.05, 3.63) is 29.8 Å². The molecular weight excluding hydrogens is 212 g/mol. The highest BCUT2D eigenvalue weighted by Crippen LogP contribution is 2.32. The van der Waals surface area contributed by atoms with Gasteiger partial charge in [-0.25, -0.2) is 0 Å². The second kappa shape index (κ2) is 4.40. The highest BCUT2D eigenvalue weighted by Gasteiger charge is 2.28. The molecule has 2 aliphatic rings. The normalized spacial score (nSPS) is 23.2. The van der Waals surface area contributed by atoms with E-state index in [-0.39, 0.29) is 11.8 Å². The lowest BCUT2D eigenvalue weighted by molar-refractivity contribution is -0.123. The number of benzene rings is 1. The third kappa shape index (κ3) is 2.02. The van der Waals surface area contributed by atoms with Crippen molar-refractivity contribution in [1.82, 2.24) is 5.32 Å². The summed E-state index contributed by atoms with van der Waals surface area (Å²) in [4.78, 5) is 12.2. The molecule has 0 radical (unpaired) electrons. The van der Waals surface area contributed by atoms with Gasteiger partial charge in [-0.1, -0.05) is 18.2 Å². The number of carbonyl (C=O) groups is 1. The van der Waals surface area contributed by atoms with E-state index in [4.69, 9.17) is 0 Å². The summed E-state index contributed by atoms with van der Waals surface area (Å²) in [6, 6.07) is 8.57. The molecule has 1 unspecified atom stereocenters. The van der Waals surface area contributed by atoms with Gasteiger partial charge in [-0.15, -0.1) is 0 Å². The fourth-order valence-corrected chi connectivity index (χ4v) is 2.60. The SMILES string of the molecule is O=C(NC1CCC1)C1CCNc2ccccc21. The van der Waals surface area contributed by atoms with E-state index < -0.39 is 0 Å². The van der Waals surface area contributed by atoms with Crippen molar-refractivity contribution < 1.29 is 4.79 Å². The maximum atomic E-state index is 12.2. The monoisotopic (exact) mass is 230 g/mol. The van der Waals surface area contributed by atoms with E-state index in [9.17, 15) is 4.79 Å². The van der Waals surface area contributed by atoms with Crippen LogP contribution in [0.3, 0.4) is 0 Å². The molecular formula is C14H18N2O. The number of carbonyl (C=O) groups excluding carboxylic acids is 1. The predicted octanol–water partition coefficient (Wildman–Crippen LogP) is 2.25. The van der Waals surface area contributed by atoms with Crippen molar-refractivity contribution >= 4 is 11.6 Å². The first-order valence-electron chi connectivity index (χ1n) is 6.48. The molecule has 1 amide bonds. The molecule has 1 heterocycles. The Balaban J connectivity index is 1.77. The van der Waals surface area contributed by atoms with Crippen molar-refractivity contribution in [2.24, 2.45) is 0 Å². The summed E-state index contributed by atoms with van der Waals surface area (Å²) >= 11 is 0. The van der Waals surface area contributed by atoms with Gasteiger partial charge in [0.1, 0.15) is 0 Å². The highest BCUT2D eigenvalue weighted by molar-refractivity contribution is 5.86. The molecule has 17 heavy (non-hydrogen) atoms. The lowest BCUT2D eigenvalue weighted by Crippen LogP contribution is -2.43. The quantitative estimate of drug-likeness (QED) is 0.818. The number of hydrogen-bond donors (Lipinski definition) is 2. The second-order valence-electron chi connectivity index (χ2n) is 4.99. The molecule has 1 saturated carbocycles. The summed E-state index contributed by atoms with van der Waals surface area (Å²) < 4.78 is 0. The van der Waals surface area contributed by atoms with Crippen LogP contribution in [0, 0.1) is 0 Å². The molecule has 3 heteroatoms. The lowest BCUT2D eigenvalue weighted by atomic mass is 9.88. The minimum atomic E-state index is 0.0352. The van der Waals surface area contributed by atoms with Crippen LogP contribution in [-0.4, -0.2) is 18.5 Å². The molecule has 0 spiro atoms. The number of hydrogen-bond acceptors (Lipinski definition) is 2. The molecule has 0 aromatic heterocycles. The van der Waals surface area contributed by atoms with Gasteiger partial charge in [-0.3, -0.25) is 4.79 Å². The van der Waals surface area contributed by atoms with Crippen LogP contribution in [0.25, 0.3) is 0 Å². The van der Waals surface area contributed by atoms with Crippen LogP contribution in [0.2, 0.25) is 0 Å². The molecule has 1 fully saturated rings. The topological polar surface area (TPSA) is 41.1 Å². The summed E-state index contributed by atoms with van der Waals surface area (Å²) in [6.45, 7) is 0.889. The van der Waals surface area contributed by atoms with E-state index in [2.05, 4.69) is 22.8 Å². The van der Waals surface area contributed by atoms with Crippen LogP contribution < -0.4 is 10.6 Å². The van der Waals surface area contributed by atoms with E-state index in [0.29, 0.717) is 6.04 Å². The molecule has 0 saturated heterocycles. The first kappa shape index (κ1) is 10.6. The van der Waals surface area contributed by atoms with Crippen molar-refractivity contribution in [2.75, 3.05) is 11.9 Å². The molecule has 1 aromatic rings. The summed E-state index contributed by atoms with van der Waals surface area (Å²) in [5.41, 5.74) is 2.27. The van der Waals surface area contributed by atoms with E-state index in [1.54, 1.807) is 0 Å². The van der Waals surface area contributed by atoms with Crippen LogP contribution in [0.5, 0.6) is 0 Å². The molecule has 0 bridgehead atoms. The van der Waals surface area contributed by atoms with Crippen LogP contribution in [0.4, 0.5) is 5.69 Å². The van der Waals surface area contributed by atoms with Gasteiger partial charge >= 0.3 is 0 Å². The number of fused-ring (bicyclic) bond motifs is 1. The Kier molecular flexibility index (Phi) is 2.75. The van der Waals surface area contributed by atoms with Crippen molar-refractivity contribution in [3.63, 3.8) is 0 Å². The van der Waals surface area contributed by atoms with Gasteiger partial charge in [0.25, 0.3) is 0 Å². The Labute approximate surface area is 102 Å². The second-order valence-corrected chi connectivity index (χ2v) is 4.99. The summed E-state index contributed by atoms with van der Waals surface area (Å²) in [7, 11) is 0. The zero-order chi connectivity index (χ0) is 11.7. The van der Waals surface area contributed by atoms with Gasteiger partial charge < -0.3 is 10.6 Å². The molecule has 1 aromatic carbocycles. The van der Waals surface area contributed by atoms with Crippen LogP contribution in [-0.2, 0) is 4.79 Å². The van der Waals surface area contributed by atoms with Gasteiger partial charge in [0, 0.05) is 18.3 Å². The van der Waals surface area contributed by atoms with Crippen molar-refractivity contribution in [3.8, 4) is 0 Å². The smallest absolute Gasteiger partial charge is 0.227 e. The fraction of sp³-hybridized carbons (Fsp3) is 0.500. The van der Waals surface area contributed by atoms with Gasteiger partial charge in [0.05, 0.1) is 5.92 Å². The van der Waals surface area contributed by atoms with Gasteiger partial charge in [-0.2, -0.15) is 0 Å². The maximum absolute atomic E-state index is 12.2. The van der Waals surface area contributed by atoms with Crippen LogP contribution >= 0.6 is 0 Å². The molecule has 1 atom stereocenters. The zero-order valence-electron chi connectivity index (χ0n) is 9.91. The van der Waals surface area contributed by atoms with Crippen molar-refractivity contribution in [2.45, 2.75) is 37.6 Å². The van der Waals surface area contributed by atoms with Gasteiger partial charge in [-0.05, 0) is 37.3 Å². The fourth-order valence-electron chi connectivity index (χ4n) is 2.60. The Morgan fingerprint density at radius 1 is 1.24 bits per heavy atom. The number of para-hydroxylation sites is 1. The number of nitrogens with one attached hydrogen (secondary N) is 2. The number of anilines is 1. The molecule has 2 N–H and O–H groups in total. The largest absolute Gasteiger partial charge is 0.385 e. The molecule has 1 aliphatic carbocycles. The first-order valence-corrected chi connectivity index (χ1v) is 6.48. The zero-order valence-corrected chi connectivity index (χ0v) is 9.91. The highest BCUT2D eigenvalue weighted by atomic mass is 16.1. The first-order chi connectivity index (χ1) is 8.34. The van der Waals surface area contributed by atoms with Crippen molar-refractivity contribution in [1.29, 1.82) is 0 Å². The molecule has 3 nitrogen and oxygen atoms in total. The average molecular weight is 230 g/mol. The standard InChI is InChI=1S/C14H18N2O/c17-14(16-10-4-3-5-10)12-8-9-15-13-7-2-1-6-11(12)13/h1-2,6-7,10,12,15H,3-5,8-9H2,(H,16,17). The predicted molar refractivity (Wildman–Crippen MR) is 68.1 cm³/mol. The maximum Gasteiger partial charge on any atom is 0.227 e. The Hall–Kier alpha value is -1.51. The Morgan fingerprint density at radius 2 is 2.06 bits per heavy atom. The van der Waals surface area contributed by atoms with E-state index >= 15 is 0 Å². The third-order valence-electron chi connectivity index (χ3n) is 3.85. The summed E-state index contributed by atoms with van der Waals surface area (Å²) in [6.07, 6.45) is 4.46. The Morgan fingerprint density at radius 3 is 2.82 bits per heavy atom. The number of rotatable bonds is 2. The minimum absolute atomic E-state index is 0.0352. The number of amides is 1. The van der Waals surface area contributed by atoms with E-state index in [0.717, 1.165) is 37.1 Å². The lowest BCUT2D eigenvalue weighted by Gasteiger charge is -2.31. The van der Waals surface area contributed by atoms with Crippen LogP contribution in [0.1, 0.15) is 37.2 Å². The Bertz CT molecular complexity index is 426. The van der Waals surface area contributed by atoms with E-state index in [1.165, 1.54) is 6.42 Å².